The topological polar surface area (TPSA) is 67.9 Å². The summed E-state index contributed by atoms with van der Waals surface area (Å²) in [6.45, 7) is 2.08. The Balaban J connectivity index is 1.49. The summed E-state index contributed by atoms with van der Waals surface area (Å²) in [5, 5.41) is 0.681. The third kappa shape index (κ3) is 4.68. The lowest BCUT2D eigenvalue weighted by atomic mass is 10.0. The first-order valence-corrected chi connectivity index (χ1v) is 8.99. The summed E-state index contributed by atoms with van der Waals surface area (Å²) in [5.74, 6) is -0.0861. The van der Waals surface area contributed by atoms with Crippen molar-refractivity contribution in [1.82, 2.24) is 15.0 Å². The van der Waals surface area contributed by atoms with E-state index in [2.05, 4.69) is 15.0 Å². The van der Waals surface area contributed by atoms with Crippen molar-refractivity contribution >= 4 is 10.9 Å². The molecule has 0 spiro atoms. The number of ether oxygens (including phenoxy) is 1. The predicted octanol–water partition coefficient (Wildman–Crippen LogP) is 4.44. The van der Waals surface area contributed by atoms with E-state index in [-0.39, 0.29) is 17.9 Å². The highest BCUT2D eigenvalue weighted by molar-refractivity contribution is 5.79. The molecule has 0 atom stereocenters. The van der Waals surface area contributed by atoms with Crippen molar-refractivity contribution in [3.8, 4) is 5.88 Å². The van der Waals surface area contributed by atoms with Crippen LogP contribution in [0.4, 0.5) is 13.2 Å². The van der Waals surface area contributed by atoms with Crippen LogP contribution in [0, 0.1) is 6.92 Å². The van der Waals surface area contributed by atoms with Gasteiger partial charge >= 0.3 is 6.18 Å². The fourth-order valence-electron chi connectivity index (χ4n) is 2.97. The first-order valence-electron chi connectivity index (χ1n) is 8.99. The van der Waals surface area contributed by atoms with Gasteiger partial charge in [-0.15, -0.1) is 0 Å². The maximum Gasteiger partial charge on any atom is 0.433 e. The van der Waals surface area contributed by atoms with Gasteiger partial charge in [0, 0.05) is 28.2 Å². The van der Waals surface area contributed by atoms with Gasteiger partial charge < -0.3 is 9.72 Å². The molecular weight excluding hydrogens is 371 g/mol. The first-order chi connectivity index (χ1) is 13.4. The molecule has 2 heterocycles. The van der Waals surface area contributed by atoms with Crippen LogP contribution in [-0.2, 0) is 12.6 Å². The van der Waals surface area contributed by atoms with Crippen molar-refractivity contribution in [1.29, 1.82) is 0 Å². The van der Waals surface area contributed by atoms with E-state index in [9.17, 15) is 18.0 Å². The summed E-state index contributed by atoms with van der Waals surface area (Å²) in [4.78, 5) is 22.6. The molecule has 3 aromatic rings. The molecule has 3 rings (SSSR count). The highest BCUT2D eigenvalue weighted by Gasteiger charge is 2.33. The Morgan fingerprint density at radius 2 is 1.89 bits per heavy atom. The summed E-state index contributed by atoms with van der Waals surface area (Å²) < 4.78 is 43.1. The van der Waals surface area contributed by atoms with Crippen LogP contribution in [-0.4, -0.2) is 21.6 Å². The fraction of sp³-hybridized carbons (Fsp3) is 0.350. The molecular formula is C20H20F3N3O2. The highest BCUT2D eigenvalue weighted by Crippen LogP contribution is 2.28. The molecule has 0 aliphatic rings. The van der Waals surface area contributed by atoms with Gasteiger partial charge in [-0.05, 0) is 44.7 Å². The second-order valence-electron chi connectivity index (χ2n) is 6.50. The average molecular weight is 391 g/mol. The van der Waals surface area contributed by atoms with Gasteiger partial charge in [0.2, 0.25) is 5.88 Å². The molecule has 0 unspecified atom stereocenters. The molecule has 0 amide bonds. The zero-order valence-electron chi connectivity index (χ0n) is 15.3. The number of hydrogen-bond donors (Lipinski definition) is 1. The van der Waals surface area contributed by atoms with E-state index in [0.29, 0.717) is 11.8 Å². The lowest BCUT2D eigenvalue weighted by Crippen LogP contribution is -2.11. The molecule has 5 nitrogen and oxygen atoms in total. The normalized spacial score (nSPS) is 11.7. The van der Waals surface area contributed by atoms with Crippen molar-refractivity contribution < 1.29 is 17.9 Å². The maximum atomic E-state index is 12.6. The summed E-state index contributed by atoms with van der Waals surface area (Å²) in [6.07, 6.45) is -0.645. The van der Waals surface area contributed by atoms with Gasteiger partial charge in [-0.3, -0.25) is 4.79 Å². The Morgan fingerprint density at radius 1 is 1.11 bits per heavy atom. The molecule has 0 aliphatic heterocycles. The number of pyridine rings is 1. The van der Waals surface area contributed by atoms with Crippen LogP contribution in [0.15, 0.2) is 41.5 Å². The van der Waals surface area contributed by atoms with E-state index in [1.165, 1.54) is 0 Å². The number of rotatable bonds is 7. The number of aryl methyl sites for hydroxylation is 1. The number of H-pyrrole nitrogens is 1. The molecule has 8 heteroatoms. The van der Waals surface area contributed by atoms with Crippen molar-refractivity contribution in [3.63, 3.8) is 0 Å². The van der Waals surface area contributed by atoms with Gasteiger partial charge in [0.1, 0.15) is 6.33 Å². The molecule has 148 valence electrons. The van der Waals surface area contributed by atoms with Crippen LogP contribution in [0.3, 0.4) is 0 Å². The third-order valence-electron chi connectivity index (χ3n) is 4.50. The average Bonchev–Trinajstić information content (AvgIpc) is 2.68. The highest BCUT2D eigenvalue weighted by atomic mass is 19.4. The first kappa shape index (κ1) is 19.9. The van der Waals surface area contributed by atoms with Gasteiger partial charge in [-0.1, -0.05) is 12.1 Å². The molecule has 0 saturated heterocycles. The van der Waals surface area contributed by atoms with Crippen LogP contribution in [0.5, 0.6) is 5.88 Å². The second-order valence-corrected chi connectivity index (χ2v) is 6.50. The molecule has 1 N–H and O–H groups in total. The molecule has 1 aromatic carbocycles. The maximum absolute atomic E-state index is 12.6. The number of fused-ring (bicyclic) bond motifs is 1. The molecule has 0 radical (unpaired) electrons. The Hall–Kier alpha value is -2.90. The Kier molecular flexibility index (Phi) is 5.96. The predicted molar refractivity (Wildman–Crippen MR) is 99.4 cm³/mol. The standard InChI is InChI=1S/C20H20F3N3O2/c1-13-15(26-16-9-5-4-7-14(16)19(13)27)8-3-2-6-10-28-18-11-17(20(21,22)23)24-12-25-18/h4-5,7,9,11-12H,2-3,6,8,10H2,1H3,(H,26,27). The summed E-state index contributed by atoms with van der Waals surface area (Å²) in [5.41, 5.74) is 1.47. The summed E-state index contributed by atoms with van der Waals surface area (Å²) >= 11 is 0. The molecule has 0 fully saturated rings. The van der Waals surface area contributed by atoms with E-state index < -0.39 is 11.9 Å². The van der Waals surface area contributed by atoms with Gasteiger partial charge in [-0.2, -0.15) is 13.2 Å². The van der Waals surface area contributed by atoms with Crippen molar-refractivity contribution in [3.05, 3.63) is 63.8 Å². The fourth-order valence-corrected chi connectivity index (χ4v) is 2.97. The van der Waals surface area contributed by atoms with Crippen molar-refractivity contribution in [2.75, 3.05) is 6.61 Å². The Morgan fingerprint density at radius 3 is 2.68 bits per heavy atom. The molecule has 0 bridgehead atoms. The molecule has 2 aromatic heterocycles. The minimum atomic E-state index is -4.52. The van der Waals surface area contributed by atoms with E-state index >= 15 is 0 Å². The number of alkyl halides is 3. The van der Waals surface area contributed by atoms with Gasteiger partial charge in [0.15, 0.2) is 11.1 Å². The van der Waals surface area contributed by atoms with Crippen molar-refractivity contribution in [2.24, 2.45) is 0 Å². The molecule has 28 heavy (non-hydrogen) atoms. The number of aromatic amines is 1. The SMILES string of the molecule is Cc1c(CCCCCOc2cc(C(F)(F)F)ncn2)[nH]c2ccccc2c1=O. The summed E-state index contributed by atoms with van der Waals surface area (Å²) in [6, 6.07) is 8.20. The van der Waals surface area contributed by atoms with Crippen LogP contribution >= 0.6 is 0 Å². The second kappa shape index (κ2) is 8.41. The van der Waals surface area contributed by atoms with Crippen LogP contribution < -0.4 is 10.2 Å². The zero-order valence-corrected chi connectivity index (χ0v) is 15.3. The van der Waals surface area contributed by atoms with Crippen LogP contribution in [0.1, 0.15) is 36.2 Å². The number of nitrogens with one attached hydrogen (secondary N) is 1. The number of aromatic nitrogens is 3. The van der Waals surface area contributed by atoms with Crippen LogP contribution in [0.2, 0.25) is 0 Å². The molecule has 0 saturated carbocycles. The minimum Gasteiger partial charge on any atom is -0.478 e. The number of nitrogens with zero attached hydrogens (tertiary/aromatic N) is 2. The zero-order chi connectivity index (χ0) is 20.1. The van der Waals surface area contributed by atoms with Gasteiger partial charge in [0.05, 0.1) is 6.61 Å². The third-order valence-corrected chi connectivity index (χ3v) is 4.50. The van der Waals surface area contributed by atoms with E-state index in [4.69, 9.17) is 4.74 Å². The lowest BCUT2D eigenvalue weighted by Gasteiger charge is -2.09. The monoisotopic (exact) mass is 391 g/mol. The van der Waals surface area contributed by atoms with E-state index in [1.54, 1.807) is 6.07 Å². The number of para-hydroxylation sites is 1. The van der Waals surface area contributed by atoms with Gasteiger partial charge in [0.25, 0.3) is 0 Å². The molecule has 0 aliphatic carbocycles. The summed E-state index contributed by atoms with van der Waals surface area (Å²) in [7, 11) is 0. The smallest absolute Gasteiger partial charge is 0.433 e. The Bertz CT molecular complexity index is 1020. The number of halogens is 3. The van der Waals surface area contributed by atoms with Crippen LogP contribution in [0.25, 0.3) is 10.9 Å². The number of benzene rings is 1. The van der Waals surface area contributed by atoms with Crippen molar-refractivity contribution in [2.45, 2.75) is 38.8 Å². The quantitative estimate of drug-likeness (QED) is 0.605. The number of hydrogen-bond acceptors (Lipinski definition) is 4. The Labute approximate surface area is 159 Å². The largest absolute Gasteiger partial charge is 0.478 e. The minimum absolute atomic E-state index is 0.0388. The number of unbranched alkanes of at least 4 members (excludes halogenated alkanes) is 2. The van der Waals surface area contributed by atoms with E-state index in [0.717, 1.165) is 48.4 Å². The lowest BCUT2D eigenvalue weighted by molar-refractivity contribution is -0.141. The van der Waals surface area contributed by atoms with Gasteiger partial charge in [-0.25, -0.2) is 9.97 Å². The van der Waals surface area contributed by atoms with E-state index in [1.807, 2.05) is 25.1 Å².